The van der Waals surface area contributed by atoms with Crippen molar-refractivity contribution in [3.05, 3.63) is 40.4 Å². The number of thioether (sulfide) groups is 1. The minimum absolute atomic E-state index is 0.0293. The molecule has 1 aromatic heterocycles. The first-order valence-electron chi connectivity index (χ1n) is 6.76. The van der Waals surface area contributed by atoms with Crippen LogP contribution in [0.25, 0.3) is 10.9 Å². The molecule has 0 aliphatic carbocycles. The number of aromatic nitrogens is 2. The SMILES string of the molecule is CSC(C)Cn1c(CCC(=O)O)nc2ccccc2c1=O. The van der Waals surface area contributed by atoms with Crippen LogP contribution in [0.5, 0.6) is 0 Å². The molecule has 0 spiro atoms. The standard InChI is InChI=1S/C15H18N2O3S/c1-10(21-2)9-17-13(7-8-14(18)19)16-12-6-4-3-5-11(12)15(17)20/h3-6,10H,7-9H2,1-2H3,(H,18,19). The van der Waals surface area contributed by atoms with Crippen molar-refractivity contribution >= 4 is 28.6 Å². The average Bonchev–Trinajstić information content (AvgIpc) is 2.48. The van der Waals surface area contributed by atoms with Gasteiger partial charge in [0, 0.05) is 18.2 Å². The van der Waals surface area contributed by atoms with Gasteiger partial charge in [-0.2, -0.15) is 11.8 Å². The van der Waals surface area contributed by atoms with E-state index in [-0.39, 0.29) is 23.7 Å². The number of para-hydroxylation sites is 1. The first-order chi connectivity index (χ1) is 10.0. The van der Waals surface area contributed by atoms with Gasteiger partial charge in [0.2, 0.25) is 0 Å². The van der Waals surface area contributed by atoms with E-state index in [0.717, 1.165) is 0 Å². The second kappa shape index (κ2) is 6.76. The highest BCUT2D eigenvalue weighted by molar-refractivity contribution is 7.99. The number of carbonyl (C=O) groups is 1. The third-order valence-corrected chi connectivity index (χ3v) is 4.30. The second-order valence-electron chi connectivity index (χ2n) is 4.90. The van der Waals surface area contributed by atoms with Crippen LogP contribution < -0.4 is 5.56 Å². The zero-order chi connectivity index (χ0) is 15.4. The van der Waals surface area contributed by atoms with Gasteiger partial charge in [0.25, 0.3) is 5.56 Å². The third kappa shape index (κ3) is 3.64. The molecule has 2 aromatic rings. The van der Waals surface area contributed by atoms with Crippen LogP contribution in [0.4, 0.5) is 0 Å². The molecule has 0 saturated carbocycles. The number of hydrogen-bond donors (Lipinski definition) is 1. The normalized spacial score (nSPS) is 12.5. The van der Waals surface area contributed by atoms with Gasteiger partial charge in [0.15, 0.2) is 0 Å². The molecule has 21 heavy (non-hydrogen) atoms. The largest absolute Gasteiger partial charge is 0.481 e. The van der Waals surface area contributed by atoms with Crippen LogP contribution in [0, 0.1) is 0 Å². The molecule has 0 radical (unpaired) electrons. The Hall–Kier alpha value is -1.82. The fraction of sp³-hybridized carbons (Fsp3) is 0.400. The van der Waals surface area contributed by atoms with Gasteiger partial charge < -0.3 is 5.11 Å². The summed E-state index contributed by atoms with van der Waals surface area (Å²) in [5.74, 6) is -0.344. The number of carboxylic acid groups (broad SMARTS) is 1. The molecule has 0 bridgehead atoms. The minimum atomic E-state index is -0.887. The Bertz CT molecular complexity index is 712. The molecule has 0 aliphatic heterocycles. The fourth-order valence-electron chi connectivity index (χ4n) is 2.14. The van der Waals surface area contributed by atoms with E-state index in [2.05, 4.69) is 4.98 Å². The molecule has 1 heterocycles. The second-order valence-corrected chi connectivity index (χ2v) is 6.18. The summed E-state index contributed by atoms with van der Waals surface area (Å²) >= 11 is 1.66. The van der Waals surface area contributed by atoms with Crippen molar-refractivity contribution in [3.8, 4) is 0 Å². The molecule has 1 atom stereocenters. The van der Waals surface area contributed by atoms with E-state index >= 15 is 0 Å². The molecule has 112 valence electrons. The lowest BCUT2D eigenvalue weighted by atomic mass is 10.2. The zero-order valence-electron chi connectivity index (χ0n) is 12.1. The Morgan fingerprint density at radius 1 is 1.43 bits per heavy atom. The lowest BCUT2D eigenvalue weighted by molar-refractivity contribution is -0.137. The molecular formula is C15H18N2O3S. The molecule has 5 nitrogen and oxygen atoms in total. The van der Waals surface area contributed by atoms with Gasteiger partial charge in [0.1, 0.15) is 5.82 Å². The van der Waals surface area contributed by atoms with Crippen molar-refractivity contribution in [2.75, 3.05) is 6.26 Å². The first-order valence-corrected chi connectivity index (χ1v) is 8.04. The van der Waals surface area contributed by atoms with Gasteiger partial charge in [-0.1, -0.05) is 19.1 Å². The Kier molecular flexibility index (Phi) is 5.01. The Morgan fingerprint density at radius 3 is 2.81 bits per heavy atom. The van der Waals surface area contributed by atoms with Crippen molar-refractivity contribution < 1.29 is 9.90 Å². The summed E-state index contributed by atoms with van der Waals surface area (Å²) in [6.45, 7) is 2.57. The van der Waals surface area contributed by atoms with Gasteiger partial charge in [-0.05, 0) is 18.4 Å². The van der Waals surface area contributed by atoms with E-state index in [1.165, 1.54) is 0 Å². The van der Waals surface area contributed by atoms with Crippen LogP contribution in [0.1, 0.15) is 19.2 Å². The molecule has 0 aliphatic rings. The maximum absolute atomic E-state index is 12.6. The van der Waals surface area contributed by atoms with Crippen LogP contribution in [0.15, 0.2) is 29.1 Å². The fourth-order valence-corrected chi connectivity index (χ4v) is 2.44. The number of carboxylic acids is 1. The highest BCUT2D eigenvalue weighted by atomic mass is 32.2. The number of benzene rings is 1. The zero-order valence-corrected chi connectivity index (χ0v) is 12.9. The quantitative estimate of drug-likeness (QED) is 0.885. The van der Waals surface area contributed by atoms with Crippen LogP contribution in [-0.4, -0.2) is 32.1 Å². The molecule has 0 saturated heterocycles. The molecule has 6 heteroatoms. The van der Waals surface area contributed by atoms with Gasteiger partial charge in [-0.3, -0.25) is 14.2 Å². The first kappa shape index (κ1) is 15.6. The predicted molar refractivity (Wildman–Crippen MR) is 84.9 cm³/mol. The summed E-state index contributed by atoms with van der Waals surface area (Å²) in [4.78, 5) is 27.9. The number of rotatable bonds is 6. The summed E-state index contributed by atoms with van der Waals surface area (Å²) in [7, 11) is 0. The predicted octanol–water partition coefficient (Wildman–Crippen LogP) is 2.17. The number of aryl methyl sites for hydroxylation is 1. The minimum Gasteiger partial charge on any atom is -0.481 e. The lowest BCUT2D eigenvalue weighted by Crippen LogP contribution is -2.29. The molecule has 1 unspecified atom stereocenters. The molecule has 2 rings (SSSR count). The topological polar surface area (TPSA) is 72.2 Å². The van der Waals surface area contributed by atoms with Crippen LogP contribution >= 0.6 is 11.8 Å². The van der Waals surface area contributed by atoms with E-state index in [4.69, 9.17) is 5.11 Å². The lowest BCUT2D eigenvalue weighted by Gasteiger charge is -2.16. The van der Waals surface area contributed by atoms with E-state index < -0.39 is 5.97 Å². The average molecular weight is 306 g/mol. The summed E-state index contributed by atoms with van der Waals surface area (Å²) in [5.41, 5.74) is 0.526. The highest BCUT2D eigenvalue weighted by Crippen LogP contribution is 2.13. The Morgan fingerprint density at radius 2 is 2.14 bits per heavy atom. The molecule has 1 aromatic carbocycles. The number of fused-ring (bicyclic) bond motifs is 1. The van der Waals surface area contributed by atoms with Crippen molar-refractivity contribution in [2.45, 2.75) is 31.6 Å². The van der Waals surface area contributed by atoms with Crippen molar-refractivity contribution in [1.82, 2.24) is 9.55 Å². The summed E-state index contributed by atoms with van der Waals surface area (Å²) in [6, 6.07) is 7.17. The van der Waals surface area contributed by atoms with E-state index in [1.54, 1.807) is 28.5 Å². The maximum Gasteiger partial charge on any atom is 0.303 e. The van der Waals surface area contributed by atoms with Crippen molar-refractivity contribution in [2.24, 2.45) is 0 Å². The Balaban J connectivity index is 2.53. The highest BCUT2D eigenvalue weighted by Gasteiger charge is 2.14. The van der Waals surface area contributed by atoms with E-state index in [9.17, 15) is 9.59 Å². The molecule has 0 amide bonds. The monoisotopic (exact) mass is 306 g/mol. The maximum atomic E-state index is 12.6. The smallest absolute Gasteiger partial charge is 0.303 e. The summed E-state index contributed by atoms with van der Waals surface area (Å²) in [6.07, 6.45) is 2.22. The number of nitrogens with zero attached hydrogens (tertiary/aromatic N) is 2. The van der Waals surface area contributed by atoms with Gasteiger partial charge >= 0.3 is 5.97 Å². The van der Waals surface area contributed by atoms with E-state index in [0.29, 0.717) is 23.3 Å². The van der Waals surface area contributed by atoms with Crippen LogP contribution in [-0.2, 0) is 17.8 Å². The van der Waals surface area contributed by atoms with Crippen molar-refractivity contribution in [3.63, 3.8) is 0 Å². The Labute approximate surface area is 127 Å². The molecular weight excluding hydrogens is 288 g/mol. The molecule has 1 N–H and O–H groups in total. The van der Waals surface area contributed by atoms with Gasteiger partial charge in [0.05, 0.1) is 17.3 Å². The molecule has 0 fully saturated rings. The third-order valence-electron chi connectivity index (χ3n) is 3.35. The van der Waals surface area contributed by atoms with Gasteiger partial charge in [-0.25, -0.2) is 4.98 Å². The van der Waals surface area contributed by atoms with Crippen LogP contribution in [0.2, 0.25) is 0 Å². The number of aliphatic carboxylic acids is 1. The van der Waals surface area contributed by atoms with Crippen molar-refractivity contribution in [1.29, 1.82) is 0 Å². The van der Waals surface area contributed by atoms with Gasteiger partial charge in [-0.15, -0.1) is 0 Å². The summed E-state index contributed by atoms with van der Waals surface area (Å²) in [5, 5.41) is 9.69. The van der Waals surface area contributed by atoms with Crippen LogP contribution in [0.3, 0.4) is 0 Å². The summed E-state index contributed by atoms with van der Waals surface area (Å²) < 4.78 is 1.62. The number of hydrogen-bond acceptors (Lipinski definition) is 4. The van der Waals surface area contributed by atoms with E-state index in [1.807, 2.05) is 25.3 Å².